The van der Waals surface area contributed by atoms with Crippen molar-refractivity contribution in [1.82, 2.24) is 20.3 Å². The van der Waals surface area contributed by atoms with Crippen molar-refractivity contribution in [2.75, 3.05) is 0 Å². The summed E-state index contributed by atoms with van der Waals surface area (Å²) in [5, 5.41) is 15.2. The van der Waals surface area contributed by atoms with Crippen LogP contribution in [0, 0.1) is 5.92 Å². The fourth-order valence-electron chi connectivity index (χ4n) is 1.77. The molecule has 6 heteroatoms. The molecule has 19 heavy (non-hydrogen) atoms. The van der Waals surface area contributed by atoms with Gasteiger partial charge in [-0.3, -0.25) is 4.79 Å². The van der Waals surface area contributed by atoms with Crippen molar-refractivity contribution in [2.45, 2.75) is 32.9 Å². The molecule has 0 fully saturated rings. The predicted octanol–water partition coefficient (Wildman–Crippen LogP) is 1.72. The molecule has 2 aromatic rings. The van der Waals surface area contributed by atoms with Crippen LogP contribution in [0.4, 0.5) is 0 Å². The van der Waals surface area contributed by atoms with E-state index in [0.29, 0.717) is 18.9 Å². The van der Waals surface area contributed by atoms with Crippen molar-refractivity contribution in [1.29, 1.82) is 0 Å². The minimum absolute atomic E-state index is 0.0403. The van der Waals surface area contributed by atoms with E-state index in [2.05, 4.69) is 29.4 Å². The Hall–Kier alpha value is -1.69. The second-order valence-corrected chi connectivity index (χ2v) is 5.59. The fourth-order valence-corrected chi connectivity index (χ4v) is 2.44. The number of rotatable bonds is 6. The largest absolute Gasteiger partial charge is 0.351 e. The van der Waals surface area contributed by atoms with E-state index >= 15 is 0 Å². The molecular weight excluding hydrogens is 260 g/mol. The van der Waals surface area contributed by atoms with Crippen molar-refractivity contribution in [3.63, 3.8) is 0 Å². The highest BCUT2D eigenvalue weighted by Gasteiger charge is 2.17. The average Bonchev–Trinajstić information content (AvgIpc) is 3.00. The van der Waals surface area contributed by atoms with Crippen LogP contribution < -0.4 is 5.32 Å². The van der Waals surface area contributed by atoms with Gasteiger partial charge < -0.3 is 5.32 Å². The number of thiophene rings is 1. The molecule has 0 aromatic carbocycles. The number of aromatic nitrogens is 3. The van der Waals surface area contributed by atoms with Gasteiger partial charge in [-0.05, 0) is 28.3 Å². The lowest BCUT2D eigenvalue weighted by Crippen LogP contribution is -2.42. The minimum Gasteiger partial charge on any atom is -0.351 e. The monoisotopic (exact) mass is 278 g/mol. The molecule has 2 rings (SSSR count). The van der Waals surface area contributed by atoms with Gasteiger partial charge in [-0.2, -0.15) is 26.3 Å². The van der Waals surface area contributed by atoms with Gasteiger partial charge in [-0.25, -0.2) is 0 Å². The first-order chi connectivity index (χ1) is 9.15. The summed E-state index contributed by atoms with van der Waals surface area (Å²) < 4.78 is 0. The van der Waals surface area contributed by atoms with E-state index in [-0.39, 0.29) is 11.9 Å². The zero-order valence-electron chi connectivity index (χ0n) is 11.1. The summed E-state index contributed by atoms with van der Waals surface area (Å²) in [5.41, 5.74) is 1.06. The van der Waals surface area contributed by atoms with Gasteiger partial charge in [0, 0.05) is 0 Å². The molecule has 0 aliphatic carbocycles. The van der Waals surface area contributed by atoms with Crippen LogP contribution >= 0.6 is 11.3 Å². The molecule has 0 spiro atoms. The third-order valence-corrected chi connectivity index (χ3v) is 3.65. The van der Waals surface area contributed by atoms with Crippen LogP contribution in [0.15, 0.2) is 29.2 Å². The van der Waals surface area contributed by atoms with Gasteiger partial charge in [0.1, 0.15) is 0 Å². The van der Waals surface area contributed by atoms with Gasteiger partial charge in [0.25, 0.3) is 0 Å². The molecular formula is C13H18N4OS. The number of carbonyl (C=O) groups excluding carboxylic acids is 1. The molecule has 102 valence electrons. The van der Waals surface area contributed by atoms with Crippen LogP contribution in [0.1, 0.15) is 19.4 Å². The zero-order valence-corrected chi connectivity index (χ0v) is 11.9. The van der Waals surface area contributed by atoms with Crippen LogP contribution in [0.5, 0.6) is 0 Å². The predicted molar refractivity (Wildman–Crippen MR) is 74.8 cm³/mol. The van der Waals surface area contributed by atoms with Crippen molar-refractivity contribution in [2.24, 2.45) is 5.92 Å². The van der Waals surface area contributed by atoms with E-state index in [9.17, 15) is 4.79 Å². The molecule has 1 N–H and O–H groups in total. The molecule has 0 radical (unpaired) electrons. The van der Waals surface area contributed by atoms with Crippen LogP contribution in [-0.2, 0) is 17.8 Å². The first-order valence-electron chi connectivity index (χ1n) is 6.29. The van der Waals surface area contributed by atoms with Gasteiger partial charge in [0.2, 0.25) is 5.91 Å². The number of nitrogens with one attached hydrogen (secondary N) is 1. The van der Waals surface area contributed by atoms with Gasteiger partial charge >= 0.3 is 0 Å². The lowest BCUT2D eigenvalue weighted by atomic mass is 10.0. The second-order valence-electron chi connectivity index (χ2n) is 4.81. The molecule has 5 nitrogen and oxygen atoms in total. The maximum absolute atomic E-state index is 12.0. The first kappa shape index (κ1) is 13.7. The summed E-state index contributed by atoms with van der Waals surface area (Å²) in [6.45, 7) is 4.76. The maximum Gasteiger partial charge on any atom is 0.224 e. The highest BCUT2D eigenvalue weighted by molar-refractivity contribution is 7.07. The van der Waals surface area contributed by atoms with Crippen molar-refractivity contribution < 1.29 is 4.79 Å². The normalized spacial score (nSPS) is 12.6. The summed E-state index contributed by atoms with van der Waals surface area (Å²) in [6.07, 6.45) is 3.72. The Bertz CT molecular complexity index is 493. The van der Waals surface area contributed by atoms with Crippen LogP contribution in [0.25, 0.3) is 0 Å². The van der Waals surface area contributed by atoms with Gasteiger partial charge in [0.05, 0.1) is 31.4 Å². The molecule has 0 aliphatic rings. The molecule has 0 saturated heterocycles. The summed E-state index contributed by atoms with van der Waals surface area (Å²) in [7, 11) is 0. The third kappa shape index (κ3) is 4.17. The van der Waals surface area contributed by atoms with Crippen LogP contribution in [0.2, 0.25) is 0 Å². The van der Waals surface area contributed by atoms with Crippen molar-refractivity contribution in [3.05, 3.63) is 34.8 Å². The molecule has 0 saturated carbocycles. The lowest BCUT2D eigenvalue weighted by molar-refractivity contribution is -0.121. The van der Waals surface area contributed by atoms with Crippen LogP contribution in [-0.4, -0.2) is 26.9 Å². The standard InChI is InChI=1S/C13H18N4OS/c1-10(2)12(8-17-14-4-5-15-17)16-13(18)7-11-3-6-19-9-11/h3-6,9-10,12H,7-8H2,1-2H3,(H,16,18)/t12-/m0/s1. The summed E-state index contributed by atoms with van der Waals surface area (Å²) in [4.78, 5) is 13.6. The highest BCUT2D eigenvalue weighted by atomic mass is 32.1. The Morgan fingerprint density at radius 2 is 2.16 bits per heavy atom. The van der Waals surface area contributed by atoms with Crippen molar-refractivity contribution in [3.8, 4) is 0 Å². The Balaban J connectivity index is 1.91. The van der Waals surface area contributed by atoms with Gasteiger partial charge in [-0.1, -0.05) is 13.8 Å². The molecule has 1 amide bonds. The smallest absolute Gasteiger partial charge is 0.224 e. The fraction of sp³-hybridized carbons (Fsp3) is 0.462. The Labute approximate surface area is 116 Å². The number of hydrogen-bond donors (Lipinski definition) is 1. The Morgan fingerprint density at radius 3 is 2.74 bits per heavy atom. The van der Waals surface area contributed by atoms with Crippen LogP contribution in [0.3, 0.4) is 0 Å². The Kier molecular flexibility index (Phi) is 4.68. The van der Waals surface area contributed by atoms with Gasteiger partial charge in [-0.15, -0.1) is 0 Å². The number of carbonyl (C=O) groups is 1. The molecule has 2 aromatic heterocycles. The van der Waals surface area contributed by atoms with E-state index in [1.807, 2.05) is 16.8 Å². The molecule has 0 bridgehead atoms. The SMILES string of the molecule is CC(C)[C@H](Cn1nccn1)NC(=O)Cc1ccsc1. The maximum atomic E-state index is 12.0. The second kappa shape index (κ2) is 6.47. The van der Waals surface area contributed by atoms with E-state index in [4.69, 9.17) is 0 Å². The average molecular weight is 278 g/mol. The topological polar surface area (TPSA) is 59.8 Å². The molecule has 1 atom stereocenters. The zero-order chi connectivity index (χ0) is 13.7. The first-order valence-corrected chi connectivity index (χ1v) is 7.24. The van der Waals surface area contributed by atoms with E-state index in [1.54, 1.807) is 28.5 Å². The molecule has 0 unspecified atom stereocenters. The van der Waals surface area contributed by atoms with E-state index < -0.39 is 0 Å². The number of hydrogen-bond acceptors (Lipinski definition) is 4. The van der Waals surface area contributed by atoms with Gasteiger partial charge in [0.15, 0.2) is 0 Å². The Morgan fingerprint density at radius 1 is 1.42 bits per heavy atom. The number of nitrogens with zero attached hydrogens (tertiary/aromatic N) is 3. The summed E-state index contributed by atoms with van der Waals surface area (Å²) >= 11 is 1.61. The minimum atomic E-state index is 0.0403. The number of amides is 1. The van der Waals surface area contributed by atoms with E-state index in [0.717, 1.165) is 5.56 Å². The van der Waals surface area contributed by atoms with Crippen molar-refractivity contribution >= 4 is 17.2 Å². The van der Waals surface area contributed by atoms with E-state index in [1.165, 1.54) is 0 Å². The third-order valence-electron chi connectivity index (χ3n) is 2.92. The lowest BCUT2D eigenvalue weighted by Gasteiger charge is -2.21. The molecule has 0 aliphatic heterocycles. The quantitative estimate of drug-likeness (QED) is 0.875. The summed E-state index contributed by atoms with van der Waals surface area (Å²) in [5.74, 6) is 0.377. The molecule has 2 heterocycles. The summed E-state index contributed by atoms with van der Waals surface area (Å²) in [6, 6.07) is 2.02. The highest BCUT2D eigenvalue weighted by Crippen LogP contribution is 2.08.